The number of benzene rings is 1. The van der Waals surface area contributed by atoms with Crippen LogP contribution in [0.15, 0.2) is 18.2 Å². The number of rotatable bonds is 5. The third-order valence-electron chi connectivity index (χ3n) is 3.57. The van der Waals surface area contributed by atoms with Crippen LogP contribution in [0.4, 0.5) is 0 Å². The Labute approximate surface area is 109 Å². The van der Waals surface area contributed by atoms with E-state index in [0.717, 1.165) is 24.6 Å². The lowest BCUT2D eigenvalue weighted by molar-refractivity contribution is 0.169. The molecule has 3 heteroatoms. The van der Waals surface area contributed by atoms with Gasteiger partial charge in [0.2, 0.25) is 0 Å². The summed E-state index contributed by atoms with van der Waals surface area (Å²) in [7, 11) is 0. The quantitative estimate of drug-likeness (QED) is 0.870. The van der Waals surface area contributed by atoms with Crippen LogP contribution in [-0.4, -0.2) is 19.8 Å². The first kappa shape index (κ1) is 13.2. The number of ether oxygens (including phenoxy) is 2. The molecule has 1 unspecified atom stereocenters. The van der Waals surface area contributed by atoms with E-state index in [1.807, 2.05) is 12.1 Å². The van der Waals surface area contributed by atoms with Gasteiger partial charge < -0.3 is 14.8 Å². The maximum Gasteiger partial charge on any atom is 0.165 e. The highest BCUT2D eigenvalue weighted by Crippen LogP contribution is 2.33. The molecule has 0 amide bonds. The summed E-state index contributed by atoms with van der Waals surface area (Å²) in [4.78, 5) is 0. The zero-order valence-corrected chi connectivity index (χ0v) is 11.5. The molecule has 100 valence electrons. The number of nitrogens with one attached hydrogen (secondary N) is 1. The van der Waals surface area contributed by atoms with E-state index in [0.29, 0.717) is 25.0 Å². The van der Waals surface area contributed by atoms with Crippen molar-refractivity contribution in [3.05, 3.63) is 23.8 Å². The van der Waals surface area contributed by atoms with Gasteiger partial charge in [0.15, 0.2) is 11.5 Å². The van der Waals surface area contributed by atoms with Crippen molar-refractivity contribution >= 4 is 0 Å². The highest BCUT2D eigenvalue weighted by molar-refractivity contribution is 5.47. The zero-order valence-electron chi connectivity index (χ0n) is 11.5. The van der Waals surface area contributed by atoms with Crippen LogP contribution < -0.4 is 14.8 Å². The van der Waals surface area contributed by atoms with Crippen molar-refractivity contribution in [2.45, 2.75) is 27.3 Å². The molecule has 1 aliphatic heterocycles. The van der Waals surface area contributed by atoms with Crippen LogP contribution in [0.5, 0.6) is 11.5 Å². The van der Waals surface area contributed by atoms with E-state index in [1.165, 1.54) is 5.56 Å². The van der Waals surface area contributed by atoms with Gasteiger partial charge in [0.1, 0.15) is 13.2 Å². The molecule has 1 aliphatic rings. The van der Waals surface area contributed by atoms with E-state index in [2.05, 4.69) is 32.2 Å². The van der Waals surface area contributed by atoms with E-state index in [9.17, 15) is 0 Å². The third-order valence-corrected chi connectivity index (χ3v) is 3.57. The summed E-state index contributed by atoms with van der Waals surface area (Å²) in [6.07, 6.45) is 0. The van der Waals surface area contributed by atoms with Crippen molar-refractivity contribution in [3.8, 4) is 11.5 Å². The molecule has 18 heavy (non-hydrogen) atoms. The standard InChI is InChI=1S/C15H23NO2/c1-11(2)12(3)9-16-10-13-5-4-6-14-15(13)18-8-7-17-14/h4-6,11-12,16H,7-10H2,1-3H3. The Bertz CT molecular complexity index is 390. The molecule has 0 saturated carbocycles. The third kappa shape index (κ3) is 3.16. The molecule has 3 nitrogen and oxygen atoms in total. The van der Waals surface area contributed by atoms with Crippen molar-refractivity contribution in [1.82, 2.24) is 5.32 Å². The lowest BCUT2D eigenvalue weighted by atomic mass is 9.98. The number of hydrogen-bond acceptors (Lipinski definition) is 3. The number of fused-ring (bicyclic) bond motifs is 1. The Kier molecular flexibility index (Phi) is 4.48. The highest BCUT2D eigenvalue weighted by Gasteiger charge is 2.15. The van der Waals surface area contributed by atoms with Crippen molar-refractivity contribution in [2.75, 3.05) is 19.8 Å². The summed E-state index contributed by atoms with van der Waals surface area (Å²) in [5.41, 5.74) is 1.18. The molecular formula is C15H23NO2. The maximum absolute atomic E-state index is 5.69. The Hall–Kier alpha value is -1.22. The van der Waals surface area contributed by atoms with E-state index in [-0.39, 0.29) is 0 Å². The molecule has 0 spiro atoms. The van der Waals surface area contributed by atoms with Crippen molar-refractivity contribution in [3.63, 3.8) is 0 Å². The van der Waals surface area contributed by atoms with Gasteiger partial charge in [0, 0.05) is 12.1 Å². The summed E-state index contributed by atoms with van der Waals surface area (Å²) < 4.78 is 11.3. The van der Waals surface area contributed by atoms with Crippen LogP contribution in [0.25, 0.3) is 0 Å². The molecule has 0 fully saturated rings. The molecule has 1 aromatic rings. The van der Waals surface area contributed by atoms with Gasteiger partial charge >= 0.3 is 0 Å². The van der Waals surface area contributed by atoms with Gasteiger partial charge in [-0.15, -0.1) is 0 Å². The van der Waals surface area contributed by atoms with Gasteiger partial charge in [0.25, 0.3) is 0 Å². The van der Waals surface area contributed by atoms with Crippen LogP contribution in [0.1, 0.15) is 26.3 Å². The lowest BCUT2D eigenvalue weighted by Crippen LogP contribution is -2.24. The Morgan fingerprint density at radius 2 is 1.94 bits per heavy atom. The summed E-state index contributed by atoms with van der Waals surface area (Å²) in [5, 5.41) is 3.50. The number of hydrogen-bond donors (Lipinski definition) is 1. The molecule has 0 bridgehead atoms. The van der Waals surface area contributed by atoms with E-state index in [4.69, 9.17) is 9.47 Å². The minimum Gasteiger partial charge on any atom is -0.486 e. The Balaban J connectivity index is 1.93. The Morgan fingerprint density at radius 1 is 1.17 bits per heavy atom. The molecule has 0 radical (unpaired) electrons. The normalized spacial score (nSPS) is 15.8. The summed E-state index contributed by atoms with van der Waals surface area (Å²) >= 11 is 0. The largest absolute Gasteiger partial charge is 0.486 e. The lowest BCUT2D eigenvalue weighted by Gasteiger charge is -2.22. The van der Waals surface area contributed by atoms with Gasteiger partial charge in [0.05, 0.1) is 0 Å². The van der Waals surface area contributed by atoms with Crippen LogP contribution >= 0.6 is 0 Å². The first-order valence-electron chi connectivity index (χ1n) is 6.76. The van der Waals surface area contributed by atoms with Gasteiger partial charge in [-0.05, 0) is 24.4 Å². The summed E-state index contributed by atoms with van der Waals surface area (Å²) in [6.45, 7) is 9.95. The van der Waals surface area contributed by atoms with Crippen molar-refractivity contribution in [1.29, 1.82) is 0 Å². The molecule has 0 saturated heterocycles. The summed E-state index contributed by atoms with van der Waals surface area (Å²) in [6, 6.07) is 6.09. The SMILES string of the molecule is CC(C)C(C)CNCc1cccc2c1OCCO2. The van der Waals surface area contributed by atoms with Crippen LogP contribution in [-0.2, 0) is 6.54 Å². The minimum absolute atomic E-state index is 0.645. The van der Waals surface area contributed by atoms with E-state index in [1.54, 1.807) is 0 Å². The van der Waals surface area contributed by atoms with E-state index >= 15 is 0 Å². The van der Waals surface area contributed by atoms with E-state index < -0.39 is 0 Å². The molecule has 1 N–H and O–H groups in total. The van der Waals surface area contributed by atoms with Crippen LogP contribution in [0.3, 0.4) is 0 Å². The summed E-state index contributed by atoms with van der Waals surface area (Å²) in [5.74, 6) is 3.18. The smallest absolute Gasteiger partial charge is 0.165 e. The second-order valence-corrected chi connectivity index (χ2v) is 5.29. The first-order chi connectivity index (χ1) is 8.68. The second-order valence-electron chi connectivity index (χ2n) is 5.29. The monoisotopic (exact) mass is 249 g/mol. The van der Waals surface area contributed by atoms with Crippen molar-refractivity contribution < 1.29 is 9.47 Å². The van der Waals surface area contributed by atoms with Gasteiger partial charge in [-0.1, -0.05) is 32.9 Å². The number of para-hydroxylation sites is 1. The van der Waals surface area contributed by atoms with Gasteiger partial charge in [-0.25, -0.2) is 0 Å². The fraction of sp³-hybridized carbons (Fsp3) is 0.600. The predicted molar refractivity (Wildman–Crippen MR) is 73.1 cm³/mol. The highest BCUT2D eigenvalue weighted by atomic mass is 16.6. The van der Waals surface area contributed by atoms with Crippen molar-refractivity contribution in [2.24, 2.45) is 11.8 Å². The maximum atomic E-state index is 5.69. The molecule has 1 atom stereocenters. The molecular weight excluding hydrogens is 226 g/mol. The fourth-order valence-corrected chi connectivity index (χ4v) is 1.94. The average molecular weight is 249 g/mol. The fourth-order valence-electron chi connectivity index (χ4n) is 1.94. The van der Waals surface area contributed by atoms with Gasteiger partial charge in [-0.3, -0.25) is 0 Å². The van der Waals surface area contributed by atoms with Gasteiger partial charge in [-0.2, -0.15) is 0 Å². The molecule has 0 aliphatic carbocycles. The topological polar surface area (TPSA) is 30.5 Å². The molecule has 1 heterocycles. The molecule has 2 rings (SSSR count). The van der Waals surface area contributed by atoms with Crippen LogP contribution in [0.2, 0.25) is 0 Å². The second kappa shape index (κ2) is 6.10. The average Bonchev–Trinajstić information content (AvgIpc) is 2.38. The first-order valence-corrected chi connectivity index (χ1v) is 6.76. The zero-order chi connectivity index (χ0) is 13.0. The predicted octanol–water partition coefficient (Wildman–Crippen LogP) is 2.84. The minimum atomic E-state index is 0.645. The Morgan fingerprint density at radius 3 is 2.72 bits per heavy atom. The molecule has 0 aromatic heterocycles. The van der Waals surface area contributed by atoms with Crippen LogP contribution in [0, 0.1) is 11.8 Å². The molecule has 1 aromatic carbocycles.